The fourth-order valence-corrected chi connectivity index (χ4v) is 7.50. The molecule has 4 aromatic carbocycles. The van der Waals surface area contributed by atoms with Crippen LogP contribution in [0.15, 0.2) is 102 Å². The molecule has 0 aliphatic carbocycles. The average Bonchev–Trinajstić information content (AvgIpc) is 3.57. The van der Waals surface area contributed by atoms with Crippen molar-refractivity contribution in [2.24, 2.45) is 0 Å². The van der Waals surface area contributed by atoms with Gasteiger partial charge in [-0.3, -0.25) is 4.90 Å². The second-order valence-electron chi connectivity index (χ2n) is 11.1. The van der Waals surface area contributed by atoms with E-state index in [1.165, 1.54) is 35.9 Å². The Bertz CT molecular complexity index is 2180. The lowest BCUT2D eigenvalue weighted by Gasteiger charge is -2.22. The fourth-order valence-electron chi connectivity index (χ4n) is 4.99. The lowest BCUT2D eigenvalue weighted by atomic mass is 10.1. The number of fused-ring (bicyclic) bond motifs is 1. The first kappa shape index (κ1) is 33.4. The summed E-state index contributed by atoms with van der Waals surface area (Å²) in [6.07, 6.45) is 1.35. The lowest BCUT2D eigenvalue weighted by Crippen LogP contribution is -2.28. The molecule has 1 unspecified atom stereocenters. The van der Waals surface area contributed by atoms with Crippen LogP contribution in [0.1, 0.15) is 23.5 Å². The summed E-state index contributed by atoms with van der Waals surface area (Å²) in [6, 6.07) is 22.5. The van der Waals surface area contributed by atoms with Crippen molar-refractivity contribution in [2.45, 2.75) is 24.5 Å². The number of rotatable bonds is 12. The molecule has 0 saturated heterocycles. The molecule has 48 heavy (non-hydrogen) atoms. The standard InChI is InChI=1S/C35H30ClF2N5O3S2/c1-22(43(2)13-14-48(44,45)26-9-4-3-5-10-26)35-42-32(20-47-35)27-17-28-31(18-30(27)38)39-21-40-34(28)41-25-11-12-33(29(36)16-25)46-19-23-7-6-8-24(37)15-23/h3-12,15-18,20-22H,13-14,19H2,1-2H3,(H,39,40,41). The second-order valence-corrected chi connectivity index (χ2v) is 14.5. The van der Waals surface area contributed by atoms with Crippen LogP contribution in [0, 0.1) is 11.6 Å². The van der Waals surface area contributed by atoms with Crippen LogP contribution < -0.4 is 10.1 Å². The number of sulfone groups is 1. The number of anilines is 2. The van der Waals surface area contributed by atoms with Gasteiger partial charge in [0.05, 0.1) is 32.9 Å². The summed E-state index contributed by atoms with van der Waals surface area (Å²) in [5, 5.41) is 6.65. The predicted octanol–water partition coefficient (Wildman–Crippen LogP) is 8.47. The number of nitrogens with one attached hydrogen (secondary N) is 1. The van der Waals surface area contributed by atoms with Crippen LogP contribution in [-0.2, 0) is 16.4 Å². The minimum Gasteiger partial charge on any atom is -0.487 e. The molecule has 246 valence electrons. The monoisotopic (exact) mass is 705 g/mol. The molecule has 0 fully saturated rings. The first-order chi connectivity index (χ1) is 23.1. The summed E-state index contributed by atoms with van der Waals surface area (Å²) in [4.78, 5) is 15.6. The van der Waals surface area contributed by atoms with Gasteiger partial charge in [-0.15, -0.1) is 11.3 Å². The zero-order valence-electron chi connectivity index (χ0n) is 25.9. The number of halogens is 3. The highest BCUT2D eigenvalue weighted by molar-refractivity contribution is 7.91. The molecule has 6 rings (SSSR count). The molecular weight excluding hydrogens is 676 g/mol. The van der Waals surface area contributed by atoms with Crippen molar-refractivity contribution in [1.82, 2.24) is 19.9 Å². The SMILES string of the molecule is CC(c1nc(-c2cc3c(Nc4ccc(OCc5cccc(F)c5)c(Cl)c4)ncnc3cc2F)cs1)N(C)CCS(=O)(=O)c1ccccc1. The van der Waals surface area contributed by atoms with Gasteiger partial charge in [-0.2, -0.15) is 0 Å². The molecular formula is C35H30ClF2N5O3S2. The molecule has 0 spiro atoms. The molecule has 2 heterocycles. The van der Waals surface area contributed by atoms with E-state index < -0.39 is 15.7 Å². The van der Waals surface area contributed by atoms with Crippen LogP contribution in [0.3, 0.4) is 0 Å². The molecule has 13 heteroatoms. The third kappa shape index (κ3) is 7.63. The van der Waals surface area contributed by atoms with Crippen molar-refractivity contribution in [1.29, 1.82) is 0 Å². The van der Waals surface area contributed by atoms with E-state index in [0.717, 1.165) is 5.01 Å². The Kier molecular flexibility index (Phi) is 9.97. The first-order valence-electron chi connectivity index (χ1n) is 14.9. The Morgan fingerprint density at radius 3 is 2.58 bits per heavy atom. The highest BCUT2D eigenvalue weighted by Crippen LogP contribution is 2.35. The quantitative estimate of drug-likeness (QED) is 0.135. The topological polar surface area (TPSA) is 97.3 Å². The third-order valence-electron chi connectivity index (χ3n) is 7.83. The normalized spacial score (nSPS) is 12.4. The molecule has 0 amide bonds. The van der Waals surface area contributed by atoms with Crippen LogP contribution in [0.2, 0.25) is 5.02 Å². The van der Waals surface area contributed by atoms with Crippen LogP contribution >= 0.6 is 22.9 Å². The molecule has 1 N–H and O–H groups in total. The van der Waals surface area contributed by atoms with Gasteiger partial charge in [0.25, 0.3) is 0 Å². The van der Waals surface area contributed by atoms with Crippen molar-refractivity contribution in [3.63, 3.8) is 0 Å². The van der Waals surface area contributed by atoms with Crippen molar-refractivity contribution in [3.05, 3.63) is 124 Å². The zero-order chi connectivity index (χ0) is 33.8. The summed E-state index contributed by atoms with van der Waals surface area (Å²) < 4.78 is 60.2. The van der Waals surface area contributed by atoms with E-state index >= 15 is 4.39 Å². The van der Waals surface area contributed by atoms with Crippen LogP contribution in [-0.4, -0.2) is 47.6 Å². The molecule has 2 aromatic heterocycles. The van der Waals surface area contributed by atoms with Gasteiger partial charge >= 0.3 is 0 Å². The predicted molar refractivity (Wildman–Crippen MR) is 186 cm³/mol. The number of thiazole rings is 1. The Balaban J connectivity index is 1.17. The summed E-state index contributed by atoms with van der Waals surface area (Å²) >= 11 is 7.87. The molecule has 6 aromatic rings. The Morgan fingerprint density at radius 1 is 1.00 bits per heavy atom. The number of nitrogens with zero attached hydrogens (tertiary/aromatic N) is 4. The highest BCUT2D eigenvalue weighted by atomic mass is 35.5. The van der Waals surface area contributed by atoms with Gasteiger partial charge in [-0.1, -0.05) is 41.9 Å². The number of ether oxygens (including phenoxy) is 1. The van der Waals surface area contributed by atoms with E-state index in [-0.39, 0.29) is 29.8 Å². The average molecular weight is 706 g/mol. The maximum atomic E-state index is 15.4. The lowest BCUT2D eigenvalue weighted by molar-refractivity contribution is 0.276. The van der Waals surface area contributed by atoms with Gasteiger partial charge in [0.1, 0.15) is 41.1 Å². The summed E-state index contributed by atoms with van der Waals surface area (Å²) in [6.45, 7) is 2.39. The molecule has 8 nitrogen and oxygen atoms in total. The van der Waals surface area contributed by atoms with Gasteiger partial charge < -0.3 is 10.1 Å². The minimum absolute atomic E-state index is 0.0406. The van der Waals surface area contributed by atoms with E-state index in [4.69, 9.17) is 21.3 Å². The van der Waals surface area contributed by atoms with Crippen LogP contribution in [0.25, 0.3) is 22.2 Å². The van der Waals surface area contributed by atoms with Gasteiger partial charge in [-0.05, 0) is 68.1 Å². The molecule has 0 radical (unpaired) electrons. The van der Waals surface area contributed by atoms with Gasteiger partial charge in [0.2, 0.25) is 0 Å². The van der Waals surface area contributed by atoms with Crippen LogP contribution in [0.5, 0.6) is 5.75 Å². The highest BCUT2D eigenvalue weighted by Gasteiger charge is 2.21. The molecule has 0 aliphatic heterocycles. The van der Waals surface area contributed by atoms with Crippen molar-refractivity contribution in [2.75, 3.05) is 24.7 Å². The molecule has 1 atom stereocenters. The largest absolute Gasteiger partial charge is 0.487 e. The maximum absolute atomic E-state index is 15.4. The Labute approximate surface area is 286 Å². The summed E-state index contributed by atoms with van der Waals surface area (Å²) in [5.74, 6) is 0.00109. The fraction of sp³-hybridized carbons (Fsp3) is 0.171. The first-order valence-corrected chi connectivity index (χ1v) is 17.8. The third-order valence-corrected chi connectivity index (χ3v) is 10.9. The molecule has 0 saturated carbocycles. The zero-order valence-corrected chi connectivity index (χ0v) is 28.3. The number of benzene rings is 4. The van der Waals surface area contributed by atoms with Gasteiger partial charge in [-0.25, -0.2) is 32.2 Å². The molecule has 0 bridgehead atoms. The van der Waals surface area contributed by atoms with E-state index in [2.05, 4.69) is 15.3 Å². The minimum atomic E-state index is -3.43. The second kappa shape index (κ2) is 14.3. The Morgan fingerprint density at radius 2 is 1.81 bits per heavy atom. The van der Waals surface area contributed by atoms with Crippen molar-refractivity contribution < 1.29 is 21.9 Å². The van der Waals surface area contributed by atoms with Crippen molar-refractivity contribution in [3.8, 4) is 17.0 Å². The number of hydrogen-bond donors (Lipinski definition) is 1. The summed E-state index contributed by atoms with van der Waals surface area (Å²) in [5.41, 5.74) is 2.42. The smallest absolute Gasteiger partial charge is 0.179 e. The van der Waals surface area contributed by atoms with E-state index in [1.807, 2.05) is 18.9 Å². The maximum Gasteiger partial charge on any atom is 0.179 e. The van der Waals surface area contributed by atoms with Crippen LogP contribution in [0.4, 0.5) is 20.3 Å². The Hall–Kier alpha value is -4.49. The summed E-state index contributed by atoms with van der Waals surface area (Å²) in [7, 11) is -1.59. The van der Waals surface area contributed by atoms with Gasteiger partial charge in [0, 0.05) is 34.6 Å². The van der Waals surface area contributed by atoms with Crippen molar-refractivity contribution >= 4 is 55.2 Å². The van der Waals surface area contributed by atoms with E-state index in [9.17, 15) is 12.8 Å². The number of hydrogen-bond acceptors (Lipinski definition) is 9. The van der Waals surface area contributed by atoms with E-state index in [0.29, 0.717) is 55.9 Å². The van der Waals surface area contributed by atoms with E-state index in [1.54, 1.807) is 72.1 Å². The number of aromatic nitrogens is 3. The van der Waals surface area contributed by atoms with Gasteiger partial charge in [0.15, 0.2) is 9.84 Å². The molecule has 0 aliphatic rings.